The summed E-state index contributed by atoms with van der Waals surface area (Å²) in [5.74, 6) is -2.40. The quantitative estimate of drug-likeness (QED) is 0.0382. The van der Waals surface area contributed by atoms with Crippen molar-refractivity contribution >= 4 is 33.5 Å². The molecule has 2 unspecified atom stereocenters. The molecule has 0 heterocycles. The SMILES string of the molecule is CCCCCCCCCC[N+](C)(CCC)CCCCCC.CCCCCCCCCC[N+](C)(CCC)CCCCCC.O=C([O-])c1ccc(SSc2ccc(C(=O)[O-])cc2)cc1. The van der Waals surface area contributed by atoms with Crippen LogP contribution in [0.4, 0.5) is 0 Å². The minimum Gasteiger partial charge on any atom is -0.545 e. The summed E-state index contributed by atoms with van der Waals surface area (Å²) in [6, 6.07) is 12.7. The van der Waals surface area contributed by atoms with Crippen molar-refractivity contribution in [2.75, 3.05) is 53.4 Å². The second kappa shape index (κ2) is 40.5. The fourth-order valence-electron chi connectivity index (χ4n) is 8.24. The van der Waals surface area contributed by atoms with Crippen molar-refractivity contribution in [2.45, 2.75) is 218 Å². The summed E-state index contributed by atoms with van der Waals surface area (Å²) < 4.78 is 2.66. The van der Waals surface area contributed by atoms with Crippen molar-refractivity contribution in [3.05, 3.63) is 59.7 Å². The Hall–Kier alpha value is -2.00. The topological polar surface area (TPSA) is 80.3 Å². The van der Waals surface area contributed by atoms with E-state index in [-0.39, 0.29) is 11.1 Å². The van der Waals surface area contributed by atoms with E-state index in [0.29, 0.717) is 0 Å². The maximum Gasteiger partial charge on any atom is 0.0784 e. The third-order valence-electron chi connectivity index (χ3n) is 12.1. The zero-order valence-corrected chi connectivity index (χ0v) is 43.2. The van der Waals surface area contributed by atoms with Crippen LogP contribution in [0.1, 0.15) is 229 Å². The lowest BCUT2D eigenvalue weighted by Gasteiger charge is -2.34. The molecule has 0 saturated heterocycles. The van der Waals surface area contributed by atoms with E-state index in [1.165, 1.54) is 261 Å². The molecule has 358 valence electrons. The minimum atomic E-state index is -1.20. The van der Waals surface area contributed by atoms with Crippen LogP contribution < -0.4 is 10.2 Å². The van der Waals surface area contributed by atoms with E-state index < -0.39 is 11.9 Å². The zero-order valence-electron chi connectivity index (χ0n) is 41.6. The molecule has 0 aliphatic heterocycles. The molecule has 0 N–H and O–H groups in total. The summed E-state index contributed by atoms with van der Waals surface area (Å²) >= 11 is 0. The molecule has 2 aromatic carbocycles. The second-order valence-electron chi connectivity index (χ2n) is 18.4. The Bertz CT molecular complexity index is 1220. The predicted octanol–water partition coefficient (Wildman–Crippen LogP) is 14.3. The van der Waals surface area contributed by atoms with Crippen LogP contribution in [0.5, 0.6) is 0 Å². The highest BCUT2D eigenvalue weighted by Crippen LogP contribution is 2.37. The van der Waals surface area contributed by atoms with Crippen LogP contribution in [0, 0.1) is 0 Å². The number of carboxylic acids is 2. The first-order chi connectivity index (χ1) is 29.9. The first-order valence-electron chi connectivity index (χ1n) is 25.6. The first kappa shape index (κ1) is 60.0. The highest BCUT2D eigenvalue weighted by atomic mass is 33.1. The van der Waals surface area contributed by atoms with Crippen LogP contribution in [0.3, 0.4) is 0 Å². The third-order valence-corrected chi connectivity index (χ3v) is 14.6. The van der Waals surface area contributed by atoms with Gasteiger partial charge in [-0.2, -0.15) is 0 Å². The highest BCUT2D eigenvalue weighted by molar-refractivity contribution is 8.76. The Labute approximate surface area is 391 Å². The number of aromatic carboxylic acids is 2. The lowest BCUT2D eigenvalue weighted by Crippen LogP contribution is -2.46. The molecule has 6 nitrogen and oxygen atoms in total. The van der Waals surface area contributed by atoms with Gasteiger partial charge in [0.15, 0.2) is 0 Å². The third kappa shape index (κ3) is 33.5. The fourth-order valence-corrected chi connectivity index (χ4v) is 10.2. The molecule has 0 aromatic heterocycles. The number of benzene rings is 2. The number of nitrogens with zero attached hydrogens (tertiary/aromatic N) is 2. The number of unbranched alkanes of at least 4 members (excludes halogenated alkanes) is 20. The number of rotatable bonds is 37. The van der Waals surface area contributed by atoms with Crippen LogP contribution >= 0.6 is 21.6 Å². The molecule has 0 spiro atoms. The number of hydrogen-bond donors (Lipinski definition) is 0. The van der Waals surface area contributed by atoms with Gasteiger partial charge in [0.2, 0.25) is 0 Å². The Morgan fingerprint density at radius 3 is 0.806 bits per heavy atom. The average molecular weight is 902 g/mol. The Morgan fingerprint density at radius 1 is 0.355 bits per heavy atom. The number of carboxylic acid groups (broad SMARTS) is 2. The van der Waals surface area contributed by atoms with Gasteiger partial charge in [0.1, 0.15) is 0 Å². The van der Waals surface area contributed by atoms with Crippen molar-refractivity contribution in [1.29, 1.82) is 0 Å². The van der Waals surface area contributed by atoms with Gasteiger partial charge in [-0.25, -0.2) is 0 Å². The van der Waals surface area contributed by atoms with E-state index in [1.807, 2.05) is 0 Å². The van der Waals surface area contributed by atoms with Gasteiger partial charge < -0.3 is 28.8 Å². The monoisotopic (exact) mass is 901 g/mol. The van der Waals surface area contributed by atoms with Crippen molar-refractivity contribution in [2.24, 2.45) is 0 Å². The van der Waals surface area contributed by atoms with Gasteiger partial charge >= 0.3 is 0 Å². The number of carbonyl (C=O) groups excluding carboxylic acids is 2. The van der Waals surface area contributed by atoms with Gasteiger partial charge in [0.05, 0.1) is 65.3 Å². The lowest BCUT2D eigenvalue weighted by molar-refractivity contribution is -0.910. The molecule has 0 amide bonds. The molecular weight excluding hydrogens is 805 g/mol. The lowest BCUT2D eigenvalue weighted by atomic mass is 10.1. The first-order valence-corrected chi connectivity index (χ1v) is 27.7. The molecule has 62 heavy (non-hydrogen) atoms. The Morgan fingerprint density at radius 2 is 0.581 bits per heavy atom. The fraction of sp³-hybridized carbons (Fsp3) is 0.741. The average Bonchev–Trinajstić information content (AvgIpc) is 3.26. The molecule has 0 saturated carbocycles. The molecule has 2 rings (SSSR count). The van der Waals surface area contributed by atoms with Crippen molar-refractivity contribution in [1.82, 2.24) is 0 Å². The smallest absolute Gasteiger partial charge is 0.0784 e. The van der Waals surface area contributed by atoms with Gasteiger partial charge in [0, 0.05) is 9.79 Å². The number of hydrogen-bond acceptors (Lipinski definition) is 6. The molecular formula is C54H96N2O4S2. The molecule has 0 fully saturated rings. The normalized spacial score (nSPS) is 13.0. The van der Waals surface area contributed by atoms with Crippen LogP contribution in [0.2, 0.25) is 0 Å². The van der Waals surface area contributed by atoms with E-state index in [9.17, 15) is 19.8 Å². The number of quaternary nitrogens is 2. The zero-order chi connectivity index (χ0) is 46.2. The van der Waals surface area contributed by atoms with E-state index in [1.54, 1.807) is 24.3 Å². The van der Waals surface area contributed by atoms with E-state index in [0.717, 1.165) is 9.79 Å². The maximum absolute atomic E-state index is 10.6. The minimum absolute atomic E-state index is 0.137. The summed E-state index contributed by atoms with van der Waals surface area (Å²) in [7, 11) is 7.89. The largest absolute Gasteiger partial charge is 0.545 e. The number of carbonyl (C=O) groups is 2. The second-order valence-corrected chi connectivity index (χ2v) is 20.7. The molecule has 8 heteroatoms. The van der Waals surface area contributed by atoms with Gasteiger partial charge in [-0.15, -0.1) is 0 Å². The standard InChI is InChI=1S/2C20H44N.C14H10O4S2/c2*1-5-8-10-12-13-14-15-17-20-21(4,18-7-3)19-16-11-9-6-2;15-13(16)9-1-5-11(6-2-9)19-20-12-7-3-10(4-8-12)14(17)18/h2*5-20H2,1-4H3;1-8H,(H,15,16)(H,17,18)/q2*+1;/p-2. The van der Waals surface area contributed by atoms with Crippen LogP contribution in [0.15, 0.2) is 58.3 Å². The van der Waals surface area contributed by atoms with Crippen LogP contribution in [0.25, 0.3) is 0 Å². The summed E-state index contributed by atoms with van der Waals surface area (Å²) in [5, 5.41) is 21.2. The van der Waals surface area contributed by atoms with E-state index in [4.69, 9.17) is 0 Å². The van der Waals surface area contributed by atoms with Gasteiger partial charge in [-0.1, -0.05) is 190 Å². The van der Waals surface area contributed by atoms with Crippen molar-refractivity contribution in [3.63, 3.8) is 0 Å². The summed E-state index contributed by atoms with van der Waals surface area (Å²) in [6.07, 6.45) is 37.1. The molecule has 0 bridgehead atoms. The molecule has 0 aliphatic carbocycles. The van der Waals surface area contributed by atoms with Crippen LogP contribution in [-0.4, -0.2) is 74.3 Å². The van der Waals surface area contributed by atoms with E-state index in [2.05, 4.69) is 55.6 Å². The Kier molecular flexibility index (Phi) is 39.2. The van der Waals surface area contributed by atoms with Crippen molar-refractivity contribution in [3.8, 4) is 0 Å². The van der Waals surface area contributed by atoms with Crippen molar-refractivity contribution < 1.29 is 28.8 Å². The van der Waals surface area contributed by atoms with Gasteiger partial charge in [-0.05, 0) is 99.6 Å². The van der Waals surface area contributed by atoms with Gasteiger partial charge in [0.25, 0.3) is 0 Å². The highest BCUT2D eigenvalue weighted by Gasteiger charge is 2.20. The van der Waals surface area contributed by atoms with E-state index >= 15 is 0 Å². The molecule has 2 atom stereocenters. The molecule has 0 radical (unpaired) electrons. The molecule has 0 aliphatic rings. The maximum atomic E-state index is 10.6. The van der Waals surface area contributed by atoms with Gasteiger partial charge in [-0.3, -0.25) is 0 Å². The summed E-state index contributed by atoms with van der Waals surface area (Å²) in [4.78, 5) is 23.0. The summed E-state index contributed by atoms with van der Waals surface area (Å²) in [6.45, 7) is 22.3. The molecule has 2 aromatic rings. The van der Waals surface area contributed by atoms with Crippen LogP contribution in [-0.2, 0) is 0 Å². The summed E-state index contributed by atoms with van der Waals surface area (Å²) in [5.41, 5.74) is 0.273. The predicted molar refractivity (Wildman–Crippen MR) is 269 cm³/mol. The Balaban J connectivity index is 0.000000900.